The first-order chi connectivity index (χ1) is 12.1. The molecule has 7 heteroatoms. The van der Waals surface area contributed by atoms with Crippen LogP contribution in [0.15, 0.2) is 40.8 Å². The predicted molar refractivity (Wildman–Crippen MR) is 86.4 cm³/mol. The minimum atomic E-state index is -1.08. The van der Waals surface area contributed by atoms with E-state index in [9.17, 15) is 19.1 Å². The van der Waals surface area contributed by atoms with Gasteiger partial charge in [0.05, 0.1) is 18.8 Å². The predicted octanol–water partition coefficient (Wildman–Crippen LogP) is 2.33. The number of hydrogen-bond acceptors (Lipinski definition) is 4. The van der Waals surface area contributed by atoms with Gasteiger partial charge in [-0.05, 0) is 24.3 Å². The topological polar surface area (TPSA) is 80.0 Å². The van der Waals surface area contributed by atoms with E-state index in [0.717, 1.165) is 0 Å². The van der Waals surface area contributed by atoms with E-state index in [1.165, 1.54) is 11.0 Å². The number of aryl methyl sites for hydroxylation is 1. The zero-order valence-electron chi connectivity index (χ0n) is 13.5. The maximum atomic E-state index is 13.8. The summed E-state index contributed by atoms with van der Waals surface area (Å²) in [6, 6.07) is 8.69. The van der Waals surface area contributed by atoms with Crippen LogP contribution in [0.25, 0.3) is 11.3 Å². The third kappa shape index (κ3) is 3.88. The fraction of sp³-hybridized carbons (Fsp3) is 0.333. The number of carboxylic acid groups (broad SMARTS) is 1. The average molecular weight is 347 g/mol. The average Bonchev–Trinajstić information content (AvgIpc) is 3.08. The molecule has 0 spiro atoms. The Morgan fingerprint density at radius 3 is 2.80 bits per heavy atom. The first kappa shape index (κ1) is 17.2. The molecule has 1 atom stereocenters. The number of halogens is 1. The second kappa shape index (κ2) is 7.48. The molecule has 1 unspecified atom stereocenters. The van der Waals surface area contributed by atoms with Crippen LogP contribution in [0.4, 0.5) is 4.39 Å². The Hall–Kier alpha value is -2.67. The molecule has 0 radical (unpaired) electrons. The highest BCUT2D eigenvalue weighted by Gasteiger charge is 2.32. The number of carboxylic acids is 1. The van der Waals surface area contributed by atoms with Gasteiger partial charge >= 0.3 is 5.97 Å². The van der Waals surface area contributed by atoms with Gasteiger partial charge in [-0.15, -0.1) is 0 Å². The SMILES string of the molecule is O=C(O)C1COCCN1C(=O)CCc1ccc(-c2ccccc2F)o1. The summed E-state index contributed by atoms with van der Waals surface area (Å²) in [6.07, 6.45) is 0.436. The summed E-state index contributed by atoms with van der Waals surface area (Å²) in [7, 11) is 0. The van der Waals surface area contributed by atoms with Crippen molar-refractivity contribution >= 4 is 11.9 Å². The van der Waals surface area contributed by atoms with Crippen molar-refractivity contribution in [1.29, 1.82) is 0 Å². The molecule has 1 aromatic carbocycles. The first-order valence-electron chi connectivity index (χ1n) is 8.00. The molecule has 1 aliphatic heterocycles. The number of furan rings is 1. The molecular formula is C18H18FNO5. The van der Waals surface area contributed by atoms with Gasteiger partial charge in [0.25, 0.3) is 0 Å². The molecule has 1 saturated heterocycles. The summed E-state index contributed by atoms with van der Waals surface area (Å²) < 4.78 is 24.5. The fourth-order valence-electron chi connectivity index (χ4n) is 2.80. The molecule has 2 aromatic rings. The van der Waals surface area contributed by atoms with Crippen LogP contribution in [-0.4, -0.2) is 47.7 Å². The standard InChI is InChI=1S/C18H18FNO5/c19-14-4-2-1-3-13(14)16-7-5-12(25-16)6-8-17(21)20-9-10-24-11-15(20)18(22)23/h1-5,7,15H,6,8-11H2,(H,22,23). The maximum absolute atomic E-state index is 13.8. The van der Waals surface area contributed by atoms with Crippen LogP contribution in [-0.2, 0) is 20.7 Å². The van der Waals surface area contributed by atoms with Crippen LogP contribution in [0.1, 0.15) is 12.2 Å². The van der Waals surface area contributed by atoms with Gasteiger partial charge in [-0.1, -0.05) is 12.1 Å². The zero-order chi connectivity index (χ0) is 17.8. The van der Waals surface area contributed by atoms with Gasteiger partial charge in [0.15, 0.2) is 6.04 Å². The summed E-state index contributed by atoms with van der Waals surface area (Å²) >= 11 is 0. The smallest absolute Gasteiger partial charge is 0.328 e. The molecule has 6 nitrogen and oxygen atoms in total. The van der Waals surface area contributed by atoms with Gasteiger partial charge < -0.3 is 19.2 Å². The highest BCUT2D eigenvalue weighted by Crippen LogP contribution is 2.25. The summed E-state index contributed by atoms with van der Waals surface area (Å²) in [5, 5.41) is 9.17. The van der Waals surface area contributed by atoms with Crippen LogP contribution in [0, 0.1) is 5.82 Å². The first-order valence-corrected chi connectivity index (χ1v) is 8.00. The fourth-order valence-corrected chi connectivity index (χ4v) is 2.80. The number of amides is 1. The van der Waals surface area contributed by atoms with Crippen LogP contribution in [0.3, 0.4) is 0 Å². The van der Waals surface area contributed by atoms with Crippen LogP contribution < -0.4 is 0 Å². The van der Waals surface area contributed by atoms with Crippen molar-refractivity contribution in [2.75, 3.05) is 19.8 Å². The number of benzene rings is 1. The Labute approximate surface area is 143 Å². The maximum Gasteiger partial charge on any atom is 0.328 e. The quantitative estimate of drug-likeness (QED) is 0.898. The van der Waals surface area contributed by atoms with Gasteiger partial charge in [0.1, 0.15) is 17.3 Å². The molecule has 3 rings (SSSR count). The monoisotopic (exact) mass is 347 g/mol. The van der Waals surface area contributed by atoms with Gasteiger partial charge in [-0.2, -0.15) is 0 Å². The van der Waals surface area contributed by atoms with Crippen molar-refractivity contribution < 1.29 is 28.2 Å². The molecule has 2 heterocycles. The second-order valence-electron chi connectivity index (χ2n) is 5.76. The number of carbonyl (C=O) groups excluding carboxylic acids is 1. The Bertz CT molecular complexity index is 772. The highest BCUT2D eigenvalue weighted by molar-refractivity contribution is 5.84. The molecule has 1 amide bonds. The number of nitrogens with zero attached hydrogens (tertiary/aromatic N) is 1. The molecule has 132 valence electrons. The van der Waals surface area contributed by atoms with Crippen LogP contribution in [0.2, 0.25) is 0 Å². The second-order valence-corrected chi connectivity index (χ2v) is 5.76. The van der Waals surface area contributed by atoms with Crippen molar-refractivity contribution in [2.45, 2.75) is 18.9 Å². The van der Waals surface area contributed by atoms with E-state index in [-0.39, 0.29) is 31.3 Å². The largest absolute Gasteiger partial charge is 0.480 e. The normalized spacial score (nSPS) is 17.5. The van der Waals surface area contributed by atoms with E-state index in [0.29, 0.717) is 30.1 Å². The van der Waals surface area contributed by atoms with Crippen LogP contribution >= 0.6 is 0 Å². The Kier molecular flexibility index (Phi) is 5.14. The van der Waals surface area contributed by atoms with Gasteiger partial charge in [0.2, 0.25) is 5.91 Å². The lowest BCUT2D eigenvalue weighted by Gasteiger charge is -2.32. The number of carbonyl (C=O) groups is 2. The summed E-state index contributed by atoms with van der Waals surface area (Å²) in [4.78, 5) is 24.9. The van der Waals surface area contributed by atoms with Crippen molar-refractivity contribution in [3.63, 3.8) is 0 Å². The van der Waals surface area contributed by atoms with Gasteiger partial charge in [-0.3, -0.25) is 4.79 Å². The number of aliphatic carboxylic acids is 1. The molecule has 0 aliphatic carbocycles. The third-order valence-corrected chi connectivity index (χ3v) is 4.12. The molecule has 25 heavy (non-hydrogen) atoms. The molecule has 1 aliphatic rings. The number of hydrogen-bond donors (Lipinski definition) is 1. The lowest BCUT2D eigenvalue weighted by molar-refractivity contribution is -0.158. The number of ether oxygens (including phenoxy) is 1. The number of rotatable bonds is 5. The minimum Gasteiger partial charge on any atom is -0.480 e. The zero-order valence-corrected chi connectivity index (χ0v) is 13.5. The Morgan fingerprint density at radius 2 is 2.04 bits per heavy atom. The van der Waals surface area contributed by atoms with Crippen molar-refractivity contribution in [3.05, 3.63) is 48.0 Å². The van der Waals surface area contributed by atoms with E-state index in [4.69, 9.17) is 9.15 Å². The van der Waals surface area contributed by atoms with Crippen molar-refractivity contribution in [2.24, 2.45) is 0 Å². The molecule has 1 N–H and O–H groups in total. The lowest BCUT2D eigenvalue weighted by atomic mass is 10.1. The van der Waals surface area contributed by atoms with Crippen LogP contribution in [0.5, 0.6) is 0 Å². The van der Waals surface area contributed by atoms with Crippen molar-refractivity contribution in [1.82, 2.24) is 4.90 Å². The third-order valence-electron chi connectivity index (χ3n) is 4.12. The highest BCUT2D eigenvalue weighted by atomic mass is 19.1. The molecule has 0 bridgehead atoms. The van der Waals surface area contributed by atoms with Gasteiger partial charge in [-0.25, -0.2) is 9.18 Å². The molecular weight excluding hydrogens is 329 g/mol. The van der Waals surface area contributed by atoms with E-state index in [1.54, 1.807) is 30.3 Å². The van der Waals surface area contributed by atoms with E-state index >= 15 is 0 Å². The summed E-state index contributed by atoms with van der Waals surface area (Å²) in [6.45, 7) is 0.585. The molecule has 1 aromatic heterocycles. The molecule has 0 saturated carbocycles. The Morgan fingerprint density at radius 1 is 1.24 bits per heavy atom. The number of morpholine rings is 1. The van der Waals surface area contributed by atoms with E-state index in [2.05, 4.69) is 0 Å². The summed E-state index contributed by atoms with van der Waals surface area (Å²) in [5.41, 5.74) is 0.360. The minimum absolute atomic E-state index is 0.000737. The van der Waals surface area contributed by atoms with E-state index < -0.39 is 12.0 Å². The lowest BCUT2D eigenvalue weighted by Crippen LogP contribution is -2.52. The Balaban J connectivity index is 1.63. The molecule has 1 fully saturated rings. The van der Waals surface area contributed by atoms with Gasteiger partial charge in [0, 0.05) is 19.4 Å². The van der Waals surface area contributed by atoms with Crippen molar-refractivity contribution in [3.8, 4) is 11.3 Å². The van der Waals surface area contributed by atoms with E-state index in [1.807, 2.05) is 0 Å². The summed E-state index contributed by atoms with van der Waals surface area (Å²) in [5.74, 6) is -0.772.